The number of anilines is 1. The van der Waals surface area contributed by atoms with Crippen molar-refractivity contribution in [3.05, 3.63) is 71.8 Å². The van der Waals surface area contributed by atoms with Crippen LogP contribution in [0.25, 0.3) is 5.57 Å². The van der Waals surface area contributed by atoms with Gasteiger partial charge in [-0.05, 0) is 62.2 Å². The van der Waals surface area contributed by atoms with Crippen LogP contribution < -0.4 is 10.6 Å². The fourth-order valence-electron chi connectivity index (χ4n) is 3.34. The molecule has 2 aromatic carbocycles. The standard InChI is InChI=1S/C24H29N3O3/c1-17(2)19-6-5-7-20(16-19)24(3,4)26-23(29)25-21-10-8-18(9-11-21)22(28)27-12-14-30-15-13-27/h5-11,16H,1,12-15H2,2-4H3,(H2,25,26,29). The molecule has 3 amide bonds. The van der Waals surface area contributed by atoms with E-state index in [1.807, 2.05) is 45.0 Å². The molecule has 3 rings (SSSR count). The summed E-state index contributed by atoms with van der Waals surface area (Å²) in [6, 6.07) is 14.6. The number of allylic oxidation sites excluding steroid dienone is 1. The van der Waals surface area contributed by atoms with Gasteiger partial charge in [-0.15, -0.1) is 0 Å². The number of morpholine rings is 1. The molecule has 0 radical (unpaired) electrons. The van der Waals surface area contributed by atoms with Gasteiger partial charge in [0, 0.05) is 24.3 Å². The van der Waals surface area contributed by atoms with Gasteiger partial charge in [-0.2, -0.15) is 0 Å². The van der Waals surface area contributed by atoms with Gasteiger partial charge in [0.2, 0.25) is 0 Å². The van der Waals surface area contributed by atoms with Crippen LogP contribution in [0.4, 0.5) is 10.5 Å². The molecular formula is C24H29N3O3. The number of hydrogen-bond acceptors (Lipinski definition) is 3. The Morgan fingerprint density at radius 3 is 2.33 bits per heavy atom. The average molecular weight is 408 g/mol. The number of carbonyl (C=O) groups excluding carboxylic acids is 2. The molecular weight excluding hydrogens is 378 g/mol. The number of amides is 3. The number of urea groups is 1. The molecule has 0 aliphatic carbocycles. The van der Waals surface area contributed by atoms with Crippen molar-refractivity contribution in [2.45, 2.75) is 26.3 Å². The molecule has 2 aromatic rings. The number of rotatable bonds is 5. The third-order valence-electron chi connectivity index (χ3n) is 5.19. The first-order valence-corrected chi connectivity index (χ1v) is 10.1. The van der Waals surface area contributed by atoms with E-state index in [2.05, 4.69) is 17.2 Å². The van der Waals surface area contributed by atoms with Crippen LogP contribution in [-0.2, 0) is 10.3 Å². The number of nitrogens with one attached hydrogen (secondary N) is 2. The maximum absolute atomic E-state index is 12.6. The van der Waals surface area contributed by atoms with Crippen LogP contribution in [0, 0.1) is 0 Å². The first-order valence-electron chi connectivity index (χ1n) is 10.1. The third-order valence-corrected chi connectivity index (χ3v) is 5.19. The molecule has 1 saturated heterocycles. The highest BCUT2D eigenvalue weighted by molar-refractivity contribution is 5.95. The highest BCUT2D eigenvalue weighted by Gasteiger charge is 2.23. The molecule has 0 atom stereocenters. The van der Waals surface area contributed by atoms with Crippen LogP contribution in [0.15, 0.2) is 55.1 Å². The number of nitrogens with zero attached hydrogens (tertiary/aromatic N) is 1. The molecule has 2 N–H and O–H groups in total. The van der Waals surface area contributed by atoms with Gasteiger partial charge in [0.25, 0.3) is 5.91 Å². The molecule has 1 heterocycles. The summed E-state index contributed by atoms with van der Waals surface area (Å²) in [5, 5.41) is 5.85. The number of carbonyl (C=O) groups is 2. The van der Waals surface area contributed by atoms with Crippen LogP contribution in [0.2, 0.25) is 0 Å². The summed E-state index contributed by atoms with van der Waals surface area (Å²) in [4.78, 5) is 26.9. The van der Waals surface area contributed by atoms with Crippen LogP contribution in [-0.4, -0.2) is 43.1 Å². The Labute approximate surface area is 177 Å². The van der Waals surface area contributed by atoms with E-state index in [0.29, 0.717) is 37.6 Å². The molecule has 1 aliphatic rings. The minimum Gasteiger partial charge on any atom is -0.378 e. The predicted molar refractivity (Wildman–Crippen MR) is 119 cm³/mol. The topological polar surface area (TPSA) is 70.7 Å². The summed E-state index contributed by atoms with van der Waals surface area (Å²) in [6.07, 6.45) is 0. The Kier molecular flexibility index (Phi) is 6.57. The first kappa shape index (κ1) is 21.6. The zero-order chi connectivity index (χ0) is 21.7. The lowest BCUT2D eigenvalue weighted by Gasteiger charge is -2.28. The second-order valence-corrected chi connectivity index (χ2v) is 8.05. The van der Waals surface area contributed by atoms with Crippen molar-refractivity contribution in [1.29, 1.82) is 0 Å². The van der Waals surface area contributed by atoms with Crippen LogP contribution >= 0.6 is 0 Å². The minimum atomic E-state index is -0.568. The quantitative estimate of drug-likeness (QED) is 0.778. The molecule has 158 valence electrons. The number of ether oxygens (including phenoxy) is 1. The van der Waals surface area contributed by atoms with Crippen molar-refractivity contribution in [3.8, 4) is 0 Å². The lowest BCUT2D eigenvalue weighted by Crippen LogP contribution is -2.43. The van der Waals surface area contributed by atoms with Crippen LogP contribution in [0.1, 0.15) is 42.3 Å². The van der Waals surface area contributed by atoms with Gasteiger partial charge in [-0.3, -0.25) is 4.79 Å². The highest BCUT2D eigenvalue weighted by Crippen LogP contribution is 2.24. The van der Waals surface area contributed by atoms with E-state index in [1.54, 1.807) is 29.2 Å². The maximum atomic E-state index is 12.6. The molecule has 1 aliphatic heterocycles. The Balaban J connectivity index is 1.62. The zero-order valence-corrected chi connectivity index (χ0v) is 17.8. The lowest BCUT2D eigenvalue weighted by atomic mass is 9.92. The van der Waals surface area contributed by atoms with E-state index < -0.39 is 5.54 Å². The molecule has 1 fully saturated rings. The smallest absolute Gasteiger partial charge is 0.319 e. The number of benzene rings is 2. The lowest BCUT2D eigenvalue weighted by molar-refractivity contribution is 0.0303. The SMILES string of the molecule is C=C(C)c1cccc(C(C)(C)NC(=O)Nc2ccc(C(=O)N3CCOCC3)cc2)c1. The molecule has 0 aromatic heterocycles. The van der Waals surface area contributed by atoms with Crippen LogP contribution in [0.5, 0.6) is 0 Å². The Bertz CT molecular complexity index is 929. The van der Waals surface area contributed by atoms with E-state index in [0.717, 1.165) is 16.7 Å². The maximum Gasteiger partial charge on any atom is 0.319 e. The monoisotopic (exact) mass is 407 g/mol. The summed E-state index contributed by atoms with van der Waals surface area (Å²) in [5.74, 6) is -0.0205. The fourth-order valence-corrected chi connectivity index (χ4v) is 3.34. The zero-order valence-electron chi connectivity index (χ0n) is 17.8. The van der Waals surface area contributed by atoms with Crippen molar-refractivity contribution in [2.24, 2.45) is 0 Å². The van der Waals surface area contributed by atoms with Gasteiger partial charge in [-0.25, -0.2) is 4.79 Å². The second kappa shape index (κ2) is 9.13. The molecule has 0 bridgehead atoms. The van der Waals surface area contributed by atoms with Crippen molar-refractivity contribution >= 4 is 23.2 Å². The fraction of sp³-hybridized carbons (Fsp3) is 0.333. The largest absolute Gasteiger partial charge is 0.378 e. The molecule has 6 heteroatoms. The normalized spacial score (nSPS) is 14.2. The molecule has 6 nitrogen and oxygen atoms in total. The van der Waals surface area contributed by atoms with E-state index in [-0.39, 0.29) is 11.9 Å². The molecule has 0 spiro atoms. The van der Waals surface area contributed by atoms with Gasteiger partial charge in [0.1, 0.15) is 0 Å². The highest BCUT2D eigenvalue weighted by atomic mass is 16.5. The Morgan fingerprint density at radius 1 is 1.03 bits per heavy atom. The van der Waals surface area contributed by atoms with Gasteiger partial charge in [-0.1, -0.05) is 30.4 Å². The van der Waals surface area contributed by atoms with Crippen molar-refractivity contribution in [3.63, 3.8) is 0 Å². The van der Waals surface area contributed by atoms with Gasteiger partial charge in [0.15, 0.2) is 0 Å². The van der Waals surface area contributed by atoms with Crippen molar-refractivity contribution in [1.82, 2.24) is 10.2 Å². The van der Waals surface area contributed by atoms with Crippen LogP contribution in [0.3, 0.4) is 0 Å². The third kappa shape index (κ3) is 5.27. The summed E-state index contributed by atoms with van der Waals surface area (Å²) in [6.45, 7) is 12.2. The molecule has 0 unspecified atom stereocenters. The summed E-state index contributed by atoms with van der Waals surface area (Å²) in [5.41, 5.74) is 3.66. The molecule has 30 heavy (non-hydrogen) atoms. The first-order chi connectivity index (χ1) is 14.3. The van der Waals surface area contributed by atoms with Crippen molar-refractivity contribution < 1.29 is 14.3 Å². The van der Waals surface area contributed by atoms with Crippen molar-refractivity contribution in [2.75, 3.05) is 31.6 Å². The second-order valence-electron chi connectivity index (χ2n) is 8.05. The van der Waals surface area contributed by atoms with E-state index in [1.165, 1.54) is 0 Å². The Morgan fingerprint density at radius 2 is 1.70 bits per heavy atom. The van der Waals surface area contributed by atoms with Gasteiger partial charge >= 0.3 is 6.03 Å². The Hall–Kier alpha value is -3.12. The summed E-state index contributed by atoms with van der Waals surface area (Å²) >= 11 is 0. The molecule has 0 saturated carbocycles. The van der Waals surface area contributed by atoms with E-state index >= 15 is 0 Å². The number of hydrogen-bond donors (Lipinski definition) is 2. The average Bonchev–Trinajstić information content (AvgIpc) is 2.74. The van der Waals surface area contributed by atoms with Gasteiger partial charge < -0.3 is 20.3 Å². The predicted octanol–water partition coefficient (Wildman–Crippen LogP) is 4.25. The summed E-state index contributed by atoms with van der Waals surface area (Å²) in [7, 11) is 0. The summed E-state index contributed by atoms with van der Waals surface area (Å²) < 4.78 is 5.29. The van der Waals surface area contributed by atoms with E-state index in [4.69, 9.17) is 4.74 Å². The minimum absolute atomic E-state index is 0.0205. The van der Waals surface area contributed by atoms with E-state index in [9.17, 15) is 9.59 Å². The van der Waals surface area contributed by atoms with Gasteiger partial charge in [0.05, 0.1) is 18.8 Å².